The zero-order chi connectivity index (χ0) is 31.9. The summed E-state index contributed by atoms with van der Waals surface area (Å²) >= 11 is 0. The summed E-state index contributed by atoms with van der Waals surface area (Å²) in [4.78, 5) is 19.0. The Balaban J connectivity index is 1.30. The number of rotatable bonds is 13. The molecule has 1 amide bonds. The third-order valence-corrected chi connectivity index (χ3v) is 8.17. The fourth-order valence-electron chi connectivity index (χ4n) is 5.67. The number of hydrogen-bond donors (Lipinski definition) is 1. The molecule has 3 heterocycles. The van der Waals surface area contributed by atoms with Crippen LogP contribution in [-0.2, 0) is 26.1 Å². The molecular formula is C36H39N5O5. The van der Waals surface area contributed by atoms with Crippen LogP contribution >= 0.6 is 0 Å². The average molecular weight is 622 g/mol. The molecule has 46 heavy (non-hydrogen) atoms. The van der Waals surface area contributed by atoms with Crippen LogP contribution in [0.1, 0.15) is 77.5 Å². The van der Waals surface area contributed by atoms with E-state index >= 15 is 0 Å². The number of carbonyl (C=O) groups is 1. The minimum Gasteiger partial charge on any atom is -0.488 e. The number of piperidine rings is 1. The van der Waals surface area contributed by atoms with E-state index in [9.17, 15) is 4.79 Å². The Hall–Kier alpha value is -5.12. The van der Waals surface area contributed by atoms with Gasteiger partial charge in [-0.05, 0) is 59.9 Å². The van der Waals surface area contributed by atoms with Crippen LogP contribution in [0.5, 0.6) is 11.5 Å². The van der Waals surface area contributed by atoms with Crippen LogP contribution in [-0.4, -0.2) is 34.3 Å². The Morgan fingerprint density at radius 3 is 2.13 bits per heavy atom. The van der Waals surface area contributed by atoms with E-state index in [2.05, 4.69) is 40.1 Å². The summed E-state index contributed by atoms with van der Waals surface area (Å²) in [5.41, 5.74) is 10.2. The maximum absolute atomic E-state index is 12.4. The van der Waals surface area contributed by atoms with Gasteiger partial charge in [0.15, 0.2) is 5.69 Å². The maximum atomic E-state index is 12.4. The number of benzene rings is 3. The molecule has 10 heteroatoms. The molecule has 1 aliphatic rings. The van der Waals surface area contributed by atoms with Gasteiger partial charge >= 0.3 is 6.01 Å². The quantitative estimate of drug-likeness (QED) is 0.149. The highest BCUT2D eigenvalue weighted by Crippen LogP contribution is 2.36. The zero-order valence-electron chi connectivity index (χ0n) is 26.3. The monoisotopic (exact) mass is 621 g/mol. The number of amides is 1. The van der Waals surface area contributed by atoms with Gasteiger partial charge in [0.2, 0.25) is 5.82 Å². The summed E-state index contributed by atoms with van der Waals surface area (Å²) < 4.78 is 24.1. The van der Waals surface area contributed by atoms with Crippen LogP contribution < -0.4 is 20.1 Å². The van der Waals surface area contributed by atoms with Crippen molar-refractivity contribution >= 4 is 11.9 Å². The first-order chi connectivity index (χ1) is 22.5. The zero-order valence-corrected chi connectivity index (χ0v) is 26.3. The van der Waals surface area contributed by atoms with Crippen molar-refractivity contribution < 1.29 is 23.3 Å². The Bertz CT molecular complexity index is 1740. The fourth-order valence-corrected chi connectivity index (χ4v) is 5.67. The van der Waals surface area contributed by atoms with Gasteiger partial charge in [0, 0.05) is 25.6 Å². The van der Waals surface area contributed by atoms with E-state index < -0.39 is 5.91 Å². The van der Waals surface area contributed by atoms with E-state index in [1.165, 1.54) is 6.42 Å². The minimum atomic E-state index is -0.719. The SMILES string of the molecule is CC(C)c1cc(CCc2onc(C(N)=O)c2-c2noc(N3CCCCC3)n2)c(OCc2ccccc2)cc1OCc1ccccc1. The van der Waals surface area contributed by atoms with Crippen molar-refractivity contribution in [1.82, 2.24) is 15.3 Å². The van der Waals surface area contributed by atoms with E-state index in [1.54, 1.807) is 0 Å². The molecule has 5 aromatic rings. The number of ether oxygens (including phenoxy) is 2. The van der Waals surface area contributed by atoms with Crippen molar-refractivity contribution in [2.75, 3.05) is 18.0 Å². The van der Waals surface area contributed by atoms with Crippen molar-refractivity contribution in [2.24, 2.45) is 5.73 Å². The van der Waals surface area contributed by atoms with Crippen molar-refractivity contribution in [3.8, 4) is 22.9 Å². The number of hydrogen-bond acceptors (Lipinski definition) is 9. The molecule has 2 N–H and O–H groups in total. The number of nitrogens with zero attached hydrogens (tertiary/aromatic N) is 4. The van der Waals surface area contributed by atoms with Gasteiger partial charge in [-0.1, -0.05) is 84.8 Å². The van der Waals surface area contributed by atoms with Gasteiger partial charge in [0.25, 0.3) is 5.91 Å². The van der Waals surface area contributed by atoms with Gasteiger partial charge in [-0.3, -0.25) is 4.79 Å². The Labute approximate surface area is 268 Å². The summed E-state index contributed by atoms with van der Waals surface area (Å²) in [6.45, 7) is 6.81. The lowest BCUT2D eigenvalue weighted by Crippen LogP contribution is -2.29. The van der Waals surface area contributed by atoms with Crippen molar-refractivity contribution in [3.63, 3.8) is 0 Å². The molecule has 10 nitrogen and oxygen atoms in total. The predicted molar refractivity (Wildman–Crippen MR) is 174 cm³/mol. The third kappa shape index (κ3) is 7.22. The normalized spacial score (nSPS) is 13.2. The highest BCUT2D eigenvalue weighted by molar-refractivity contribution is 5.97. The molecule has 0 radical (unpaired) electrons. The smallest absolute Gasteiger partial charge is 0.324 e. The van der Waals surface area contributed by atoms with E-state index in [-0.39, 0.29) is 17.4 Å². The van der Waals surface area contributed by atoms with Crippen LogP contribution in [0.4, 0.5) is 6.01 Å². The maximum Gasteiger partial charge on any atom is 0.324 e. The van der Waals surface area contributed by atoms with Gasteiger partial charge in [-0.15, -0.1) is 0 Å². The molecule has 1 fully saturated rings. The predicted octanol–water partition coefficient (Wildman–Crippen LogP) is 6.88. The molecule has 1 aliphatic heterocycles. The Kier molecular flexibility index (Phi) is 9.62. The Morgan fingerprint density at radius 1 is 0.848 bits per heavy atom. The molecule has 2 aromatic heterocycles. The molecule has 0 unspecified atom stereocenters. The fraction of sp³-hybridized carbons (Fsp3) is 0.333. The highest BCUT2D eigenvalue weighted by atomic mass is 16.5. The first-order valence-corrected chi connectivity index (χ1v) is 15.8. The number of aryl methyl sites for hydroxylation is 2. The average Bonchev–Trinajstić information content (AvgIpc) is 3.75. The summed E-state index contributed by atoms with van der Waals surface area (Å²) in [5.74, 6) is 1.65. The van der Waals surface area contributed by atoms with Crippen molar-refractivity contribution in [1.29, 1.82) is 0 Å². The molecule has 0 atom stereocenters. The van der Waals surface area contributed by atoms with E-state index in [0.29, 0.717) is 49.1 Å². The molecule has 1 saturated heterocycles. The molecule has 3 aromatic carbocycles. The van der Waals surface area contributed by atoms with Crippen LogP contribution in [0.2, 0.25) is 0 Å². The van der Waals surface area contributed by atoms with Crippen LogP contribution in [0.15, 0.2) is 81.8 Å². The highest BCUT2D eigenvalue weighted by Gasteiger charge is 2.28. The molecule has 0 saturated carbocycles. The second kappa shape index (κ2) is 14.3. The molecule has 0 bridgehead atoms. The lowest BCUT2D eigenvalue weighted by molar-refractivity contribution is 0.0992. The number of nitrogens with two attached hydrogens (primary N) is 1. The number of carbonyl (C=O) groups excluding carboxylic acids is 1. The van der Waals surface area contributed by atoms with E-state index in [0.717, 1.165) is 53.9 Å². The van der Waals surface area contributed by atoms with E-state index in [1.807, 2.05) is 66.7 Å². The van der Waals surface area contributed by atoms with Gasteiger partial charge in [0.05, 0.1) is 5.56 Å². The largest absolute Gasteiger partial charge is 0.488 e. The van der Waals surface area contributed by atoms with Gasteiger partial charge in [-0.25, -0.2) is 0 Å². The second-order valence-corrected chi connectivity index (χ2v) is 11.8. The van der Waals surface area contributed by atoms with Crippen LogP contribution in [0.25, 0.3) is 11.4 Å². The van der Waals surface area contributed by atoms with E-state index in [4.69, 9.17) is 24.3 Å². The number of primary amides is 1. The standard InChI is InChI=1S/C36H39N5O5/c1-24(2)28-20-27(30(43-22-25-12-6-3-7-13-25)21-31(28)44-23-26-14-8-4-9-15-26)16-17-29-32(33(34(37)42)39-45-29)35-38-36(46-40-35)41-18-10-5-11-19-41/h3-4,6-9,12-15,20-21,24H,5,10-11,16-19,22-23H2,1-2H3,(H2,37,42). The summed E-state index contributed by atoms with van der Waals surface area (Å²) in [5, 5.41) is 8.19. The minimum absolute atomic E-state index is 0.0194. The van der Waals surface area contributed by atoms with Crippen LogP contribution in [0, 0.1) is 0 Å². The Morgan fingerprint density at radius 2 is 1.50 bits per heavy atom. The third-order valence-electron chi connectivity index (χ3n) is 8.17. The summed E-state index contributed by atoms with van der Waals surface area (Å²) in [7, 11) is 0. The van der Waals surface area contributed by atoms with Crippen LogP contribution in [0.3, 0.4) is 0 Å². The summed E-state index contributed by atoms with van der Waals surface area (Å²) in [6.07, 6.45) is 4.22. The number of anilines is 1. The molecule has 0 spiro atoms. The molecule has 6 rings (SSSR count). The topological polar surface area (TPSA) is 130 Å². The number of aromatic nitrogens is 3. The lowest BCUT2D eigenvalue weighted by atomic mass is 9.96. The molecular weight excluding hydrogens is 582 g/mol. The van der Waals surface area contributed by atoms with Gasteiger partial charge in [0.1, 0.15) is 30.5 Å². The molecule has 238 valence electrons. The first kappa shape index (κ1) is 30.9. The first-order valence-electron chi connectivity index (χ1n) is 15.8. The lowest BCUT2D eigenvalue weighted by Gasteiger charge is -2.23. The second-order valence-electron chi connectivity index (χ2n) is 11.8. The van der Waals surface area contributed by atoms with Gasteiger partial charge < -0.3 is 29.2 Å². The van der Waals surface area contributed by atoms with Gasteiger partial charge in [-0.2, -0.15) is 4.98 Å². The summed E-state index contributed by atoms with van der Waals surface area (Å²) in [6, 6.07) is 24.7. The molecule has 0 aliphatic carbocycles. The van der Waals surface area contributed by atoms with Crippen molar-refractivity contribution in [3.05, 3.63) is 107 Å². The van der Waals surface area contributed by atoms with Crippen molar-refractivity contribution in [2.45, 2.75) is 65.1 Å².